The molecule has 0 atom stereocenters. The van der Waals surface area contributed by atoms with Crippen molar-refractivity contribution in [1.29, 1.82) is 0 Å². The zero-order chi connectivity index (χ0) is 13.9. The predicted molar refractivity (Wildman–Crippen MR) is 87.0 cm³/mol. The minimum Gasteiger partial charge on any atom is -0.457 e. The van der Waals surface area contributed by atoms with Gasteiger partial charge in [-0.15, -0.1) is 0 Å². The van der Waals surface area contributed by atoms with Crippen molar-refractivity contribution < 1.29 is 4.74 Å². The second-order valence-corrected chi connectivity index (χ2v) is 6.05. The minimum absolute atomic E-state index is 0.814. The van der Waals surface area contributed by atoms with E-state index in [2.05, 4.69) is 59.3 Å². The van der Waals surface area contributed by atoms with Crippen molar-refractivity contribution in [2.45, 2.75) is 37.9 Å². The van der Waals surface area contributed by atoms with Gasteiger partial charge in [0.2, 0.25) is 0 Å². The lowest BCUT2D eigenvalue weighted by Crippen LogP contribution is -2.02. The van der Waals surface area contributed by atoms with Gasteiger partial charge in [0.05, 0.1) is 0 Å². The summed E-state index contributed by atoms with van der Waals surface area (Å²) < 4.78 is 6.09. The highest BCUT2D eigenvalue weighted by atomic mass is 79.9. The van der Waals surface area contributed by atoms with E-state index >= 15 is 0 Å². The molecule has 0 unspecified atom stereocenters. The van der Waals surface area contributed by atoms with Crippen molar-refractivity contribution in [2.24, 2.45) is 0 Å². The van der Waals surface area contributed by atoms with Crippen LogP contribution in [0.2, 0.25) is 0 Å². The number of rotatable bonds is 3. The third-order valence-electron chi connectivity index (χ3n) is 3.91. The van der Waals surface area contributed by atoms with Crippen LogP contribution >= 0.6 is 15.9 Å². The molecule has 3 rings (SSSR count). The van der Waals surface area contributed by atoms with Crippen LogP contribution in [0.15, 0.2) is 36.4 Å². The predicted octanol–water partition coefficient (Wildman–Crippen LogP) is 5.56. The number of hydrogen-bond donors (Lipinski definition) is 0. The molecule has 2 aromatic carbocycles. The summed E-state index contributed by atoms with van der Waals surface area (Å²) in [6.45, 7) is 2.11. The van der Waals surface area contributed by atoms with Gasteiger partial charge >= 0.3 is 0 Å². The molecule has 2 aromatic rings. The molecular formula is C18H19BrO. The molecule has 0 aliphatic heterocycles. The minimum atomic E-state index is 0.814. The van der Waals surface area contributed by atoms with Crippen LogP contribution in [0.3, 0.4) is 0 Å². The summed E-state index contributed by atoms with van der Waals surface area (Å²) in [4.78, 5) is 0. The highest BCUT2D eigenvalue weighted by Gasteiger charge is 2.11. The molecule has 0 aromatic heterocycles. The number of benzene rings is 2. The molecule has 0 fully saturated rings. The first-order valence-corrected chi connectivity index (χ1v) is 8.33. The van der Waals surface area contributed by atoms with Crippen LogP contribution < -0.4 is 4.74 Å². The van der Waals surface area contributed by atoms with Crippen molar-refractivity contribution in [3.8, 4) is 11.5 Å². The SMILES string of the molecule is Cc1ccc(Oc2ccc3c(c2)CCCC3)c(CBr)c1. The highest BCUT2D eigenvalue weighted by Crippen LogP contribution is 2.31. The summed E-state index contributed by atoms with van der Waals surface area (Å²) in [6.07, 6.45) is 5.02. The van der Waals surface area contributed by atoms with Crippen LogP contribution in [0.5, 0.6) is 11.5 Å². The molecule has 0 bridgehead atoms. The molecule has 1 aliphatic carbocycles. The molecule has 0 amide bonds. The Labute approximate surface area is 129 Å². The zero-order valence-electron chi connectivity index (χ0n) is 11.8. The Kier molecular flexibility index (Phi) is 4.11. The maximum Gasteiger partial charge on any atom is 0.131 e. The van der Waals surface area contributed by atoms with Crippen LogP contribution in [0.1, 0.15) is 35.1 Å². The maximum atomic E-state index is 6.09. The Balaban J connectivity index is 1.87. The first-order chi connectivity index (χ1) is 9.76. The molecule has 0 spiro atoms. The Bertz CT molecular complexity index is 619. The largest absolute Gasteiger partial charge is 0.457 e. The van der Waals surface area contributed by atoms with Crippen LogP contribution in [0, 0.1) is 6.92 Å². The van der Waals surface area contributed by atoms with Crippen LogP contribution in [-0.2, 0) is 18.2 Å². The Morgan fingerprint density at radius 1 is 1.00 bits per heavy atom. The summed E-state index contributed by atoms with van der Waals surface area (Å²) in [5.74, 6) is 1.90. The van der Waals surface area contributed by atoms with E-state index in [-0.39, 0.29) is 0 Å². The van der Waals surface area contributed by atoms with E-state index in [1.54, 1.807) is 0 Å². The average molecular weight is 331 g/mol. The molecule has 0 radical (unpaired) electrons. The topological polar surface area (TPSA) is 9.23 Å². The van der Waals surface area contributed by atoms with Crippen LogP contribution in [0.4, 0.5) is 0 Å². The van der Waals surface area contributed by atoms with Gasteiger partial charge in [0, 0.05) is 10.9 Å². The standard InChI is InChI=1S/C18H19BrO/c1-13-6-9-18(16(10-13)12-19)20-17-8-7-14-4-2-3-5-15(14)11-17/h6-11H,2-5,12H2,1H3. The van der Waals surface area contributed by atoms with Gasteiger partial charge in [0.15, 0.2) is 0 Å². The molecule has 2 heteroatoms. The summed E-state index contributed by atoms with van der Waals surface area (Å²) in [6, 6.07) is 12.9. The van der Waals surface area contributed by atoms with E-state index in [0.29, 0.717) is 0 Å². The molecule has 20 heavy (non-hydrogen) atoms. The molecule has 0 N–H and O–H groups in total. The lowest BCUT2D eigenvalue weighted by Gasteiger charge is -2.17. The van der Waals surface area contributed by atoms with Gasteiger partial charge in [-0.2, -0.15) is 0 Å². The average Bonchev–Trinajstić information content (AvgIpc) is 2.49. The van der Waals surface area contributed by atoms with E-state index in [0.717, 1.165) is 16.8 Å². The van der Waals surface area contributed by atoms with E-state index in [9.17, 15) is 0 Å². The Morgan fingerprint density at radius 2 is 1.80 bits per heavy atom. The normalized spacial score (nSPS) is 13.9. The number of ether oxygens (including phenoxy) is 1. The van der Waals surface area contributed by atoms with Gasteiger partial charge in [-0.05, 0) is 61.9 Å². The fourth-order valence-electron chi connectivity index (χ4n) is 2.81. The second-order valence-electron chi connectivity index (χ2n) is 5.48. The van der Waals surface area contributed by atoms with Crippen LogP contribution in [-0.4, -0.2) is 0 Å². The highest BCUT2D eigenvalue weighted by molar-refractivity contribution is 9.08. The van der Waals surface area contributed by atoms with Crippen molar-refractivity contribution in [3.05, 3.63) is 58.7 Å². The summed E-state index contributed by atoms with van der Waals surface area (Å²) >= 11 is 3.54. The lowest BCUT2D eigenvalue weighted by atomic mass is 9.92. The van der Waals surface area contributed by atoms with Crippen molar-refractivity contribution in [2.75, 3.05) is 0 Å². The van der Waals surface area contributed by atoms with Gasteiger partial charge < -0.3 is 4.74 Å². The Hall–Kier alpha value is -1.28. The Morgan fingerprint density at radius 3 is 2.60 bits per heavy atom. The van der Waals surface area contributed by atoms with Crippen molar-refractivity contribution in [3.63, 3.8) is 0 Å². The van der Waals surface area contributed by atoms with Gasteiger partial charge in [0.25, 0.3) is 0 Å². The second kappa shape index (κ2) is 6.01. The molecule has 104 valence electrons. The van der Waals surface area contributed by atoms with Crippen molar-refractivity contribution in [1.82, 2.24) is 0 Å². The van der Waals surface area contributed by atoms with Gasteiger partial charge in [-0.3, -0.25) is 0 Å². The summed E-state index contributed by atoms with van der Waals surface area (Å²) in [7, 11) is 0. The first-order valence-electron chi connectivity index (χ1n) is 7.21. The third-order valence-corrected chi connectivity index (χ3v) is 4.51. The zero-order valence-corrected chi connectivity index (χ0v) is 13.4. The van der Waals surface area contributed by atoms with E-state index < -0.39 is 0 Å². The lowest BCUT2D eigenvalue weighted by molar-refractivity contribution is 0.476. The fourth-order valence-corrected chi connectivity index (χ4v) is 3.25. The fraction of sp³-hybridized carbons (Fsp3) is 0.333. The van der Waals surface area contributed by atoms with E-state index in [4.69, 9.17) is 4.74 Å². The number of alkyl halides is 1. The van der Waals surface area contributed by atoms with Crippen LogP contribution in [0.25, 0.3) is 0 Å². The van der Waals surface area contributed by atoms with E-state index in [1.165, 1.54) is 47.9 Å². The molecule has 0 saturated heterocycles. The molecular weight excluding hydrogens is 312 g/mol. The first kappa shape index (κ1) is 13.7. The van der Waals surface area contributed by atoms with Gasteiger partial charge in [0.1, 0.15) is 11.5 Å². The monoisotopic (exact) mass is 330 g/mol. The quantitative estimate of drug-likeness (QED) is 0.669. The number of fused-ring (bicyclic) bond motifs is 1. The van der Waals surface area contributed by atoms with Crippen molar-refractivity contribution >= 4 is 15.9 Å². The third kappa shape index (κ3) is 2.90. The molecule has 1 nitrogen and oxygen atoms in total. The number of halogens is 1. The summed E-state index contributed by atoms with van der Waals surface area (Å²) in [5.41, 5.74) is 5.41. The van der Waals surface area contributed by atoms with Gasteiger partial charge in [-0.1, -0.05) is 39.7 Å². The summed E-state index contributed by atoms with van der Waals surface area (Å²) in [5, 5.41) is 0.814. The van der Waals surface area contributed by atoms with E-state index in [1.807, 2.05) is 0 Å². The maximum absolute atomic E-state index is 6.09. The molecule has 1 aliphatic rings. The number of hydrogen-bond acceptors (Lipinski definition) is 1. The van der Waals surface area contributed by atoms with Gasteiger partial charge in [-0.25, -0.2) is 0 Å². The molecule has 0 heterocycles. The number of aryl methyl sites for hydroxylation is 3. The molecule has 0 saturated carbocycles. The smallest absolute Gasteiger partial charge is 0.131 e.